The van der Waals surface area contributed by atoms with Crippen molar-refractivity contribution >= 4 is 21.6 Å². The summed E-state index contributed by atoms with van der Waals surface area (Å²) in [7, 11) is -3.49. The Bertz CT molecular complexity index is 1420. The van der Waals surface area contributed by atoms with Crippen LogP contribution in [0.4, 0.5) is 0 Å². The van der Waals surface area contributed by atoms with Crippen LogP contribution >= 0.6 is 0 Å². The molecule has 0 spiro atoms. The van der Waals surface area contributed by atoms with E-state index in [2.05, 4.69) is 15.0 Å². The molecule has 5 rings (SSSR count). The summed E-state index contributed by atoms with van der Waals surface area (Å²) in [4.78, 5) is 17.6. The minimum absolute atomic E-state index is 0.0426. The van der Waals surface area contributed by atoms with E-state index in [-0.39, 0.29) is 16.8 Å². The van der Waals surface area contributed by atoms with E-state index in [1.807, 2.05) is 47.1 Å². The first-order valence-corrected chi connectivity index (χ1v) is 13.4. The average molecular weight is 489 g/mol. The summed E-state index contributed by atoms with van der Waals surface area (Å²) < 4.78 is 29.8. The standard InChI is InChI=1S/C27H28N4O3S/c32-27(22-15-17-31-19-25(29-26(31)18-22)21-6-2-1-3-7-21)28-16-14-20-10-12-24(13-11-20)35(33,34)30-23-8-4-5-9-23/h1-3,6-7,10-13,15,17-19,23,30H,4-5,8-9,14,16H2,(H,28,32). The number of fused-ring (bicyclic) bond motifs is 1. The van der Waals surface area contributed by atoms with Crippen molar-refractivity contribution in [3.05, 3.63) is 90.3 Å². The van der Waals surface area contributed by atoms with Crippen LogP contribution < -0.4 is 10.0 Å². The molecule has 7 nitrogen and oxygen atoms in total. The Hall–Kier alpha value is -3.49. The van der Waals surface area contributed by atoms with Crippen LogP contribution in [0, 0.1) is 0 Å². The molecule has 0 atom stereocenters. The maximum Gasteiger partial charge on any atom is 0.251 e. The lowest BCUT2D eigenvalue weighted by Gasteiger charge is -2.13. The predicted molar refractivity (Wildman–Crippen MR) is 136 cm³/mol. The van der Waals surface area contributed by atoms with Gasteiger partial charge in [-0.1, -0.05) is 55.3 Å². The van der Waals surface area contributed by atoms with Crippen LogP contribution in [0.5, 0.6) is 0 Å². The molecule has 4 aromatic rings. The number of nitrogens with zero attached hydrogens (tertiary/aromatic N) is 2. The minimum Gasteiger partial charge on any atom is -0.352 e. The molecule has 0 radical (unpaired) electrons. The van der Waals surface area contributed by atoms with Gasteiger partial charge in [0.15, 0.2) is 0 Å². The van der Waals surface area contributed by atoms with Gasteiger partial charge in [0.05, 0.1) is 10.6 Å². The van der Waals surface area contributed by atoms with Gasteiger partial charge < -0.3 is 9.72 Å². The summed E-state index contributed by atoms with van der Waals surface area (Å²) >= 11 is 0. The highest BCUT2D eigenvalue weighted by Crippen LogP contribution is 2.21. The molecule has 1 aliphatic rings. The molecule has 2 aromatic carbocycles. The summed E-state index contributed by atoms with van der Waals surface area (Å²) in [5, 5.41) is 2.94. The van der Waals surface area contributed by atoms with Crippen molar-refractivity contribution in [1.29, 1.82) is 0 Å². The number of nitrogens with one attached hydrogen (secondary N) is 2. The number of imidazole rings is 1. The first-order chi connectivity index (χ1) is 17.0. The molecule has 1 fully saturated rings. The number of carbonyl (C=O) groups is 1. The van der Waals surface area contributed by atoms with Crippen LogP contribution in [0.3, 0.4) is 0 Å². The van der Waals surface area contributed by atoms with Crippen LogP contribution in [0.25, 0.3) is 16.9 Å². The summed E-state index contributed by atoms with van der Waals surface area (Å²) in [5.74, 6) is -0.170. The molecule has 35 heavy (non-hydrogen) atoms. The Morgan fingerprint density at radius 2 is 1.74 bits per heavy atom. The second-order valence-corrected chi connectivity index (χ2v) is 10.6. The molecule has 180 valence electrons. The number of pyridine rings is 1. The Morgan fingerprint density at radius 1 is 1.00 bits per heavy atom. The summed E-state index contributed by atoms with van der Waals surface area (Å²) in [5.41, 5.74) is 4.09. The second-order valence-electron chi connectivity index (χ2n) is 8.93. The molecule has 0 unspecified atom stereocenters. The van der Waals surface area contributed by atoms with Gasteiger partial charge in [-0.3, -0.25) is 4.79 Å². The highest BCUT2D eigenvalue weighted by atomic mass is 32.2. The molecule has 1 aliphatic carbocycles. The maximum atomic E-state index is 12.7. The highest BCUT2D eigenvalue weighted by molar-refractivity contribution is 7.89. The zero-order valence-corrected chi connectivity index (χ0v) is 20.2. The van der Waals surface area contributed by atoms with E-state index >= 15 is 0 Å². The first kappa shape index (κ1) is 23.3. The minimum atomic E-state index is -3.49. The zero-order chi connectivity index (χ0) is 24.3. The van der Waals surface area contributed by atoms with Crippen LogP contribution in [-0.4, -0.2) is 36.3 Å². The lowest BCUT2D eigenvalue weighted by molar-refractivity contribution is 0.0954. The molecule has 1 amide bonds. The Morgan fingerprint density at radius 3 is 2.49 bits per heavy atom. The van der Waals surface area contributed by atoms with Gasteiger partial charge in [-0.25, -0.2) is 18.1 Å². The number of hydrogen-bond acceptors (Lipinski definition) is 4. The molecule has 2 N–H and O–H groups in total. The largest absolute Gasteiger partial charge is 0.352 e. The maximum absolute atomic E-state index is 12.7. The number of rotatable bonds is 8. The van der Waals surface area contributed by atoms with Gasteiger partial charge in [0.2, 0.25) is 10.0 Å². The van der Waals surface area contributed by atoms with Crippen LogP contribution in [0.15, 0.2) is 84.0 Å². The molecule has 8 heteroatoms. The fourth-order valence-electron chi connectivity index (χ4n) is 4.46. The van der Waals surface area contributed by atoms with Gasteiger partial charge in [0.25, 0.3) is 5.91 Å². The third-order valence-electron chi connectivity index (χ3n) is 6.40. The topological polar surface area (TPSA) is 92.6 Å². The summed E-state index contributed by atoms with van der Waals surface area (Å²) in [6, 6.07) is 20.4. The fourth-order valence-corrected chi connectivity index (χ4v) is 5.76. The molecule has 1 saturated carbocycles. The number of amides is 1. The number of benzene rings is 2. The highest BCUT2D eigenvalue weighted by Gasteiger charge is 2.22. The lowest BCUT2D eigenvalue weighted by atomic mass is 10.1. The molecule has 2 heterocycles. The van der Waals surface area contributed by atoms with E-state index in [0.29, 0.717) is 24.2 Å². The third-order valence-corrected chi connectivity index (χ3v) is 7.94. The zero-order valence-electron chi connectivity index (χ0n) is 19.4. The van der Waals surface area contributed by atoms with Crippen molar-refractivity contribution in [2.45, 2.75) is 43.0 Å². The normalized spacial score (nSPS) is 14.4. The third kappa shape index (κ3) is 5.44. The summed E-state index contributed by atoms with van der Waals surface area (Å²) in [6.45, 7) is 0.445. The Balaban J connectivity index is 1.17. The van der Waals surface area contributed by atoms with E-state index in [1.54, 1.807) is 36.4 Å². The molecule has 0 aliphatic heterocycles. The number of aromatic nitrogens is 2. The SMILES string of the molecule is O=C(NCCc1ccc(S(=O)(=O)NC2CCCC2)cc1)c1ccn2cc(-c3ccccc3)nc2c1. The molecule has 0 saturated heterocycles. The first-order valence-electron chi connectivity index (χ1n) is 11.9. The number of sulfonamides is 1. The number of hydrogen-bond donors (Lipinski definition) is 2. The molecule has 2 aromatic heterocycles. The van der Waals surface area contributed by atoms with E-state index in [0.717, 1.165) is 42.5 Å². The van der Waals surface area contributed by atoms with E-state index in [4.69, 9.17) is 0 Å². The number of carbonyl (C=O) groups excluding carboxylic acids is 1. The quantitative estimate of drug-likeness (QED) is 0.389. The monoisotopic (exact) mass is 488 g/mol. The van der Waals surface area contributed by atoms with Crippen molar-refractivity contribution in [2.75, 3.05) is 6.54 Å². The van der Waals surface area contributed by atoms with Crippen molar-refractivity contribution in [3.8, 4) is 11.3 Å². The summed E-state index contributed by atoms with van der Waals surface area (Å²) in [6.07, 6.45) is 8.33. The van der Waals surface area contributed by atoms with Crippen molar-refractivity contribution < 1.29 is 13.2 Å². The van der Waals surface area contributed by atoms with Crippen LogP contribution in [-0.2, 0) is 16.4 Å². The van der Waals surface area contributed by atoms with Gasteiger partial charge >= 0.3 is 0 Å². The van der Waals surface area contributed by atoms with Crippen LogP contribution in [0.1, 0.15) is 41.6 Å². The Kier molecular flexibility index (Phi) is 6.66. The average Bonchev–Trinajstić information content (AvgIpc) is 3.54. The second kappa shape index (κ2) is 10.0. The van der Waals surface area contributed by atoms with Crippen LogP contribution in [0.2, 0.25) is 0 Å². The molecular formula is C27H28N4O3S. The van der Waals surface area contributed by atoms with E-state index in [1.165, 1.54) is 0 Å². The van der Waals surface area contributed by atoms with Gasteiger partial charge in [-0.2, -0.15) is 0 Å². The smallest absolute Gasteiger partial charge is 0.251 e. The molecule has 0 bridgehead atoms. The van der Waals surface area contributed by atoms with Gasteiger partial charge in [-0.15, -0.1) is 0 Å². The predicted octanol–water partition coefficient (Wildman–Crippen LogP) is 4.19. The van der Waals surface area contributed by atoms with Gasteiger partial charge in [0.1, 0.15) is 5.65 Å². The van der Waals surface area contributed by atoms with Crippen molar-refractivity contribution in [3.63, 3.8) is 0 Å². The molecular weight excluding hydrogens is 460 g/mol. The lowest BCUT2D eigenvalue weighted by Crippen LogP contribution is -2.32. The van der Waals surface area contributed by atoms with Crippen molar-refractivity contribution in [2.24, 2.45) is 0 Å². The van der Waals surface area contributed by atoms with E-state index < -0.39 is 10.0 Å². The Labute approximate surface area is 205 Å². The van der Waals surface area contributed by atoms with Gasteiger partial charge in [0, 0.05) is 36.1 Å². The van der Waals surface area contributed by atoms with E-state index in [9.17, 15) is 13.2 Å². The fraction of sp³-hybridized carbons (Fsp3) is 0.259. The van der Waals surface area contributed by atoms with Gasteiger partial charge in [-0.05, 0) is 49.1 Å². The van der Waals surface area contributed by atoms with Crippen molar-refractivity contribution in [1.82, 2.24) is 19.4 Å².